The monoisotopic (exact) mass is 274 g/mol. The summed E-state index contributed by atoms with van der Waals surface area (Å²) in [6.45, 7) is 4.27. The van der Waals surface area contributed by atoms with Crippen molar-refractivity contribution < 1.29 is 0 Å². The van der Waals surface area contributed by atoms with Gasteiger partial charge in [0.05, 0.1) is 0 Å². The Labute approximate surface area is 98.0 Å². The van der Waals surface area contributed by atoms with E-state index in [4.69, 9.17) is 0 Å². The molecule has 0 spiro atoms. The van der Waals surface area contributed by atoms with Gasteiger partial charge in [-0.2, -0.15) is 0 Å². The lowest BCUT2D eigenvalue weighted by atomic mass is 10.5. The van der Waals surface area contributed by atoms with Crippen molar-refractivity contribution in [1.29, 1.82) is 0 Å². The number of hydrogen-bond acceptors (Lipinski definition) is 3. The van der Waals surface area contributed by atoms with Gasteiger partial charge in [0.25, 0.3) is 0 Å². The van der Waals surface area contributed by atoms with Gasteiger partial charge in [-0.05, 0) is 47.6 Å². The van der Waals surface area contributed by atoms with Crippen molar-refractivity contribution in [2.45, 2.75) is 18.4 Å². The predicted octanol–water partition coefficient (Wildman–Crippen LogP) is 2.94. The summed E-state index contributed by atoms with van der Waals surface area (Å²) in [6, 6.07) is 3.96. The normalized spacial score (nSPS) is 10.4. The molecule has 0 unspecified atom stereocenters. The van der Waals surface area contributed by atoms with Crippen LogP contribution in [-0.2, 0) is 0 Å². The van der Waals surface area contributed by atoms with E-state index in [0.717, 1.165) is 28.3 Å². The van der Waals surface area contributed by atoms with Gasteiger partial charge in [0.1, 0.15) is 5.03 Å². The van der Waals surface area contributed by atoms with Crippen molar-refractivity contribution in [2.75, 3.05) is 18.8 Å². The Morgan fingerprint density at radius 3 is 3.14 bits per heavy atom. The third kappa shape index (κ3) is 4.44. The third-order valence-electron chi connectivity index (χ3n) is 1.71. The Kier molecular flexibility index (Phi) is 6.23. The van der Waals surface area contributed by atoms with Crippen LogP contribution in [0.1, 0.15) is 13.3 Å². The molecule has 78 valence electrons. The molecule has 1 N–H and O–H groups in total. The summed E-state index contributed by atoms with van der Waals surface area (Å²) in [5, 5.41) is 4.39. The number of rotatable bonds is 6. The summed E-state index contributed by atoms with van der Waals surface area (Å²) < 4.78 is 1.09. The lowest BCUT2D eigenvalue weighted by Gasteiger charge is -2.03. The van der Waals surface area contributed by atoms with Gasteiger partial charge in [-0.1, -0.05) is 6.92 Å². The lowest BCUT2D eigenvalue weighted by molar-refractivity contribution is 0.707. The summed E-state index contributed by atoms with van der Waals surface area (Å²) in [6.07, 6.45) is 3.01. The minimum Gasteiger partial charge on any atom is -0.317 e. The Bertz CT molecular complexity index is 268. The highest BCUT2D eigenvalue weighted by molar-refractivity contribution is 9.10. The Hall–Kier alpha value is -0.0600. The first-order valence-electron chi connectivity index (χ1n) is 4.78. The van der Waals surface area contributed by atoms with Gasteiger partial charge in [-0.15, -0.1) is 11.8 Å². The summed E-state index contributed by atoms with van der Waals surface area (Å²) in [5.41, 5.74) is 0. The van der Waals surface area contributed by atoms with Crippen molar-refractivity contribution in [3.8, 4) is 0 Å². The van der Waals surface area contributed by atoms with Crippen LogP contribution in [0.15, 0.2) is 27.8 Å². The molecule has 0 amide bonds. The van der Waals surface area contributed by atoms with Crippen LogP contribution in [0.3, 0.4) is 0 Å². The number of thioether (sulfide) groups is 1. The van der Waals surface area contributed by atoms with Crippen LogP contribution in [0, 0.1) is 0 Å². The molecule has 0 aliphatic heterocycles. The van der Waals surface area contributed by atoms with Crippen molar-refractivity contribution in [3.63, 3.8) is 0 Å². The zero-order valence-electron chi connectivity index (χ0n) is 8.29. The largest absolute Gasteiger partial charge is 0.317 e. The first-order valence-corrected chi connectivity index (χ1v) is 6.56. The average molecular weight is 275 g/mol. The number of pyridine rings is 1. The minimum absolute atomic E-state index is 1.05. The molecule has 4 heteroatoms. The molecule has 14 heavy (non-hydrogen) atoms. The van der Waals surface area contributed by atoms with Crippen molar-refractivity contribution in [3.05, 3.63) is 22.8 Å². The molecule has 1 aromatic heterocycles. The molecule has 0 saturated heterocycles. The van der Waals surface area contributed by atoms with Gasteiger partial charge in [-0.3, -0.25) is 0 Å². The highest BCUT2D eigenvalue weighted by Crippen LogP contribution is 2.24. The van der Waals surface area contributed by atoms with Gasteiger partial charge in [0, 0.05) is 16.4 Å². The average Bonchev–Trinajstić information content (AvgIpc) is 2.20. The van der Waals surface area contributed by atoms with Gasteiger partial charge in [0.15, 0.2) is 0 Å². The molecule has 0 bridgehead atoms. The number of aromatic nitrogens is 1. The van der Waals surface area contributed by atoms with E-state index in [1.54, 1.807) is 11.8 Å². The fourth-order valence-electron chi connectivity index (χ4n) is 1.02. The number of nitrogens with one attached hydrogen (secondary N) is 1. The molecule has 2 nitrogen and oxygen atoms in total. The highest BCUT2D eigenvalue weighted by atomic mass is 79.9. The molecule has 0 aromatic carbocycles. The Morgan fingerprint density at radius 1 is 1.57 bits per heavy atom. The van der Waals surface area contributed by atoms with Crippen LogP contribution >= 0.6 is 27.7 Å². The van der Waals surface area contributed by atoms with Gasteiger partial charge in [-0.25, -0.2) is 4.98 Å². The van der Waals surface area contributed by atoms with E-state index in [9.17, 15) is 0 Å². The maximum atomic E-state index is 4.29. The van der Waals surface area contributed by atoms with Gasteiger partial charge >= 0.3 is 0 Å². The topological polar surface area (TPSA) is 24.9 Å². The zero-order chi connectivity index (χ0) is 10.2. The second-order valence-corrected chi connectivity index (χ2v) is 4.78. The molecular formula is C10H15BrN2S. The minimum atomic E-state index is 1.05. The van der Waals surface area contributed by atoms with E-state index >= 15 is 0 Å². The number of hydrogen-bond donors (Lipinski definition) is 1. The van der Waals surface area contributed by atoms with Crippen LogP contribution in [-0.4, -0.2) is 23.8 Å². The highest BCUT2D eigenvalue weighted by Gasteiger charge is 1.99. The Balaban J connectivity index is 2.21. The molecular weight excluding hydrogens is 260 g/mol. The quantitative estimate of drug-likeness (QED) is 0.638. The SMILES string of the molecule is CCNCCCSc1ncccc1Br. The molecule has 0 radical (unpaired) electrons. The third-order valence-corrected chi connectivity index (χ3v) is 3.71. The van der Waals surface area contributed by atoms with Crippen LogP contribution in [0.25, 0.3) is 0 Å². The second-order valence-electron chi connectivity index (χ2n) is 2.85. The molecule has 1 aromatic rings. The fraction of sp³-hybridized carbons (Fsp3) is 0.500. The van der Waals surface area contributed by atoms with E-state index in [1.807, 2.05) is 18.3 Å². The molecule has 0 fully saturated rings. The second kappa shape index (κ2) is 7.26. The zero-order valence-corrected chi connectivity index (χ0v) is 10.7. The van der Waals surface area contributed by atoms with Crippen molar-refractivity contribution >= 4 is 27.7 Å². The Morgan fingerprint density at radius 2 is 2.43 bits per heavy atom. The summed E-state index contributed by atoms with van der Waals surface area (Å²) >= 11 is 5.28. The van der Waals surface area contributed by atoms with Crippen LogP contribution in [0.2, 0.25) is 0 Å². The van der Waals surface area contributed by atoms with E-state index in [2.05, 4.69) is 33.2 Å². The fourth-order valence-corrected chi connectivity index (χ4v) is 2.44. The summed E-state index contributed by atoms with van der Waals surface area (Å²) in [7, 11) is 0. The van der Waals surface area contributed by atoms with Crippen molar-refractivity contribution in [2.24, 2.45) is 0 Å². The van der Waals surface area contributed by atoms with Crippen LogP contribution in [0.4, 0.5) is 0 Å². The number of halogens is 1. The van der Waals surface area contributed by atoms with Crippen LogP contribution in [0.5, 0.6) is 0 Å². The van der Waals surface area contributed by atoms with E-state index in [0.29, 0.717) is 0 Å². The van der Waals surface area contributed by atoms with Crippen LogP contribution < -0.4 is 5.32 Å². The predicted molar refractivity (Wildman–Crippen MR) is 65.8 cm³/mol. The first-order chi connectivity index (χ1) is 6.84. The smallest absolute Gasteiger partial charge is 0.110 e. The molecule has 1 heterocycles. The molecule has 0 aliphatic carbocycles. The molecule has 0 saturated carbocycles. The molecule has 1 rings (SSSR count). The first kappa shape index (κ1) is 12.0. The van der Waals surface area contributed by atoms with E-state index in [1.165, 1.54) is 6.42 Å². The molecule has 0 aliphatic rings. The van der Waals surface area contributed by atoms with E-state index in [-0.39, 0.29) is 0 Å². The lowest BCUT2D eigenvalue weighted by Crippen LogP contribution is -2.14. The molecule has 0 atom stereocenters. The maximum Gasteiger partial charge on any atom is 0.110 e. The maximum absolute atomic E-state index is 4.29. The summed E-state index contributed by atoms with van der Waals surface area (Å²) in [4.78, 5) is 4.29. The summed E-state index contributed by atoms with van der Waals surface area (Å²) in [5.74, 6) is 1.11. The van der Waals surface area contributed by atoms with Gasteiger partial charge < -0.3 is 5.32 Å². The number of nitrogens with zero attached hydrogens (tertiary/aromatic N) is 1. The van der Waals surface area contributed by atoms with Gasteiger partial charge in [0.2, 0.25) is 0 Å². The van der Waals surface area contributed by atoms with E-state index < -0.39 is 0 Å². The van der Waals surface area contributed by atoms with Crippen molar-refractivity contribution in [1.82, 2.24) is 10.3 Å². The standard InChI is InChI=1S/C10H15BrN2S/c1-2-12-6-4-8-14-10-9(11)5-3-7-13-10/h3,5,7,12H,2,4,6,8H2,1H3.